The van der Waals surface area contributed by atoms with Gasteiger partial charge in [0, 0.05) is 48.5 Å². The van der Waals surface area contributed by atoms with Crippen LogP contribution in [-0.4, -0.2) is 54.3 Å². The van der Waals surface area contributed by atoms with Crippen LogP contribution in [0.1, 0.15) is 0 Å². The highest BCUT2D eigenvalue weighted by atomic mass is 32.1. The van der Waals surface area contributed by atoms with Crippen molar-refractivity contribution < 1.29 is 9.13 Å². The van der Waals surface area contributed by atoms with Crippen molar-refractivity contribution in [3.63, 3.8) is 0 Å². The van der Waals surface area contributed by atoms with Crippen LogP contribution in [0.15, 0.2) is 35.3 Å². The summed E-state index contributed by atoms with van der Waals surface area (Å²) in [5.74, 6) is -0.365. The second-order valence-electron chi connectivity index (χ2n) is 6.86. The average molecular weight is 398 g/mol. The molecule has 5 rings (SSSR count). The SMILES string of the molecule is O=c1[nH]ccc2c3sc(NCCN4CCOCC4)nc3c3ccc(F)cc3c12. The molecule has 1 aliphatic rings. The Morgan fingerprint density at radius 3 is 2.93 bits per heavy atom. The van der Waals surface area contributed by atoms with Crippen LogP contribution in [0.3, 0.4) is 0 Å². The predicted octanol–water partition coefficient (Wildman–Crippen LogP) is 3.17. The molecule has 1 aliphatic heterocycles. The number of pyridine rings is 1. The summed E-state index contributed by atoms with van der Waals surface area (Å²) >= 11 is 1.53. The Kier molecular flexibility index (Phi) is 4.46. The Hall–Kier alpha value is -2.55. The van der Waals surface area contributed by atoms with Gasteiger partial charge in [0.2, 0.25) is 0 Å². The van der Waals surface area contributed by atoms with Crippen LogP contribution in [-0.2, 0) is 4.74 Å². The molecule has 144 valence electrons. The monoisotopic (exact) mass is 398 g/mol. The third-order valence-corrected chi connectivity index (χ3v) is 6.19. The molecule has 0 bridgehead atoms. The lowest BCUT2D eigenvalue weighted by Crippen LogP contribution is -2.38. The lowest BCUT2D eigenvalue weighted by atomic mass is 10.0. The van der Waals surface area contributed by atoms with Gasteiger partial charge in [-0.15, -0.1) is 0 Å². The van der Waals surface area contributed by atoms with Crippen molar-refractivity contribution >= 4 is 48.2 Å². The number of thiazole rings is 1. The quantitative estimate of drug-likeness (QED) is 0.517. The van der Waals surface area contributed by atoms with Crippen LogP contribution < -0.4 is 10.9 Å². The summed E-state index contributed by atoms with van der Waals surface area (Å²) in [5.41, 5.74) is 0.581. The normalized spacial score (nSPS) is 15.6. The van der Waals surface area contributed by atoms with E-state index in [1.54, 1.807) is 12.3 Å². The maximum atomic E-state index is 13.9. The van der Waals surface area contributed by atoms with E-state index in [9.17, 15) is 9.18 Å². The number of nitrogens with one attached hydrogen (secondary N) is 2. The first-order valence-corrected chi connectivity index (χ1v) is 10.1. The van der Waals surface area contributed by atoms with E-state index in [2.05, 4.69) is 15.2 Å². The van der Waals surface area contributed by atoms with Crippen molar-refractivity contribution in [3.8, 4) is 0 Å². The maximum Gasteiger partial charge on any atom is 0.256 e. The molecule has 0 radical (unpaired) electrons. The van der Waals surface area contributed by atoms with Gasteiger partial charge in [0.15, 0.2) is 5.13 Å². The average Bonchev–Trinajstić information content (AvgIpc) is 3.13. The highest BCUT2D eigenvalue weighted by Crippen LogP contribution is 2.38. The number of ether oxygens (including phenoxy) is 1. The standard InChI is InChI=1S/C20H19FN4O2S/c21-12-1-2-13-15(11-12)16-14(3-4-22-19(16)26)18-17(13)24-20(28-18)23-5-6-25-7-9-27-10-8-25/h1-4,11H,5-10H2,(H,22,26)(H,23,24). The van der Waals surface area contributed by atoms with Crippen LogP contribution in [0.2, 0.25) is 0 Å². The van der Waals surface area contributed by atoms with Gasteiger partial charge in [-0.05, 0) is 24.3 Å². The summed E-state index contributed by atoms with van der Waals surface area (Å²) in [6, 6.07) is 6.39. The number of aromatic nitrogens is 2. The van der Waals surface area contributed by atoms with E-state index in [-0.39, 0.29) is 11.4 Å². The van der Waals surface area contributed by atoms with E-state index in [4.69, 9.17) is 9.72 Å². The van der Waals surface area contributed by atoms with Gasteiger partial charge in [0.1, 0.15) is 5.82 Å². The molecule has 2 N–H and O–H groups in total. The molecule has 6 nitrogen and oxygen atoms in total. The molecule has 2 aromatic heterocycles. The van der Waals surface area contributed by atoms with E-state index in [0.717, 1.165) is 65.5 Å². The van der Waals surface area contributed by atoms with Crippen molar-refractivity contribution in [1.29, 1.82) is 0 Å². The number of aromatic amines is 1. The van der Waals surface area contributed by atoms with Crippen molar-refractivity contribution in [2.45, 2.75) is 0 Å². The Labute approximate surface area is 163 Å². The topological polar surface area (TPSA) is 70.2 Å². The maximum absolute atomic E-state index is 13.9. The number of morpholine rings is 1. The first kappa shape index (κ1) is 17.5. The van der Waals surface area contributed by atoms with Gasteiger partial charge < -0.3 is 15.0 Å². The zero-order valence-corrected chi connectivity index (χ0v) is 15.9. The Balaban J connectivity index is 1.57. The van der Waals surface area contributed by atoms with Crippen molar-refractivity contribution in [2.75, 3.05) is 44.7 Å². The minimum absolute atomic E-state index is 0.217. The summed E-state index contributed by atoms with van der Waals surface area (Å²) in [4.78, 5) is 22.3. The molecule has 28 heavy (non-hydrogen) atoms. The zero-order chi connectivity index (χ0) is 19.1. The van der Waals surface area contributed by atoms with Gasteiger partial charge in [-0.2, -0.15) is 0 Å². The van der Waals surface area contributed by atoms with Crippen LogP contribution >= 0.6 is 11.3 Å². The van der Waals surface area contributed by atoms with Crippen molar-refractivity contribution in [2.24, 2.45) is 0 Å². The number of anilines is 1. The molecule has 0 unspecified atom stereocenters. The molecule has 8 heteroatoms. The summed E-state index contributed by atoms with van der Waals surface area (Å²) in [5, 5.41) is 6.90. The minimum atomic E-state index is -0.365. The smallest absolute Gasteiger partial charge is 0.256 e. The van der Waals surface area contributed by atoms with Gasteiger partial charge in [-0.25, -0.2) is 9.37 Å². The highest BCUT2D eigenvalue weighted by molar-refractivity contribution is 7.23. The molecule has 0 saturated carbocycles. The first-order valence-electron chi connectivity index (χ1n) is 9.28. The van der Waals surface area contributed by atoms with Crippen LogP contribution in [0.25, 0.3) is 31.8 Å². The predicted molar refractivity (Wildman–Crippen MR) is 111 cm³/mol. The number of halogens is 1. The van der Waals surface area contributed by atoms with E-state index < -0.39 is 0 Å². The van der Waals surface area contributed by atoms with Gasteiger partial charge in [-0.3, -0.25) is 9.69 Å². The zero-order valence-electron chi connectivity index (χ0n) is 15.1. The van der Waals surface area contributed by atoms with Crippen molar-refractivity contribution in [1.82, 2.24) is 14.9 Å². The third kappa shape index (κ3) is 3.03. The highest BCUT2D eigenvalue weighted by Gasteiger charge is 2.16. The van der Waals surface area contributed by atoms with Gasteiger partial charge in [0.05, 0.1) is 28.8 Å². The lowest BCUT2D eigenvalue weighted by Gasteiger charge is -2.26. The Morgan fingerprint density at radius 1 is 1.21 bits per heavy atom. The molecule has 0 atom stereocenters. The van der Waals surface area contributed by atoms with E-state index in [0.29, 0.717) is 10.8 Å². The molecule has 0 amide bonds. The molecule has 2 aromatic carbocycles. The fourth-order valence-corrected chi connectivity index (χ4v) is 4.81. The van der Waals surface area contributed by atoms with Crippen LogP contribution in [0, 0.1) is 5.82 Å². The van der Waals surface area contributed by atoms with E-state index >= 15 is 0 Å². The third-order valence-electron chi connectivity index (χ3n) is 5.15. The molecule has 4 aromatic rings. The number of benzene rings is 2. The second kappa shape index (κ2) is 7.12. The van der Waals surface area contributed by atoms with Crippen molar-refractivity contribution in [3.05, 3.63) is 46.6 Å². The molecular weight excluding hydrogens is 379 g/mol. The molecule has 3 heterocycles. The fourth-order valence-electron chi connectivity index (χ4n) is 3.77. The molecule has 1 saturated heterocycles. The number of rotatable bonds is 4. The Morgan fingerprint density at radius 2 is 2.07 bits per heavy atom. The lowest BCUT2D eigenvalue weighted by molar-refractivity contribution is 0.0398. The number of H-pyrrole nitrogens is 1. The summed E-state index contributed by atoms with van der Waals surface area (Å²) in [7, 11) is 0. The summed E-state index contributed by atoms with van der Waals surface area (Å²) < 4.78 is 20.2. The van der Waals surface area contributed by atoms with Gasteiger partial charge >= 0.3 is 0 Å². The molecule has 0 spiro atoms. The fraction of sp³-hybridized carbons (Fsp3) is 0.300. The molecule has 1 fully saturated rings. The number of hydrogen-bond acceptors (Lipinski definition) is 6. The van der Waals surface area contributed by atoms with E-state index in [1.165, 1.54) is 23.5 Å². The number of nitrogens with zero attached hydrogens (tertiary/aromatic N) is 2. The van der Waals surface area contributed by atoms with Crippen LogP contribution in [0.5, 0.6) is 0 Å². The second-order valence-corrected chi connectivity index (χ2v) is 7.86. The van der Waals surface area contributed by atoms with E-state index in [1.807, 2.05) is 6.07 Å². The van der Waals surface area contributed by atoms with Gasteiger partial charge in [-0.1, -0.05) is 11.3 Å². The Bertz CT molecular complexity index is 1230. The summed E-state index contributed by atoms with van der Waals surface area (Å²) in [6.45, 7) is 5.17. The number of hydrogen-bond donors (Lipinski definition) is 2. The van der Waals surface area contributed by atoms with Gasteiger partial charge in [0.25, 0.3) is 5.56 Å². The molecule has 0 aliphatic carbocycles. The minimum Gasteiger partial charge on any atom is -0.379 e. The molecular formula is C20H19FN4O2S. The summed E-state index contributed by atoms with van der Waals surface area (Å²) in [6.07, 6.45) is 1.63. The first-order chi connectivity index (χ1) is 13.7. The largest absolute Gasteiger partial charge is 0.379 e. The number of fused-ring (bicyclic) bond motifs is 6. The van der Waals surface area contributed by atoms with Crippen LogP contribution in [0.4, 0.5) is 9.52 Å².